The summed E-state index contributed by atoms with van der Waals surface area (Å²) in [5, 5.41) is 6.64. The van der Waals surface area contributed by atoms with Gasteiger partial charge in [0.15, 0.2) is 17.5 Å². The van der Waals surface area contributed by atoms with Gasteiger partial charge >= 0.3 is 0 Å². The van der Waals surface area contributed by atoms with Gasteiger partial charge in [0.25, 0.3) is 0 Å². The highest BCUT2D eigenvalue weighted by molar-refractivity contribution is 14.0. The van der Waals surface area contributed by atoms with Gasteiger partial charge in [0.1, 0.15) is 0 Å². The number of nitrogens with zero attached hydrogens (tertiary/aromatic N) is 1. The van der Waals surface area contributed by atoms with E-state index in [1.54, 1.807) is 7.05 Å². The lowest BCUT2D eigenvalue weighted by Crippen LogP contribution is -2.37. The average molecular weight is 518 g/mol. The Morgan fingerprint density at radius 1 is 1.04 bits per heavy atom. The molecular formula is C18H21BrIN3O2. The molecule has 3 rings (SSSR count). The normalized spacial score (nSPS) is 12.5. The molecule has 0 bridgehead atoms. The Morgan fingerprint density at radius 3 is 2.52 bits per heavy atom. The number of ether oxygens (including phenoxy) is 2. The molecular weight excluding hydrogens is 497 g/mol. The van der Waals surface area contributed by atoms with Gasteiger partial charge in [0.05, 0.1) is 0 Å². The summed E-state index contributed by atoms with van der Waals surface area (Å²) in [7, 11) is 1.78. The molecule has 0 atom stereocenters. The summed E-state index contributed by atoms with van der Waals surface area (Å²) in [5.74, 6) is 2.43. The molecule has 0 fully saturated rings. The minimum Gasteiger partial charge on any atom is -0.454 e. The molecule has 134 valence electrons. The number of aliphatic imine (C=N–C) groups is 1. The topological polar surface area (TPSA) is 54.9 Å². The van der Waals surface area contributed by atoms with Crippen molar-refractivity contribution in [3.8, 4) is 11.5 Å². The van der Waals surface area contributed by atoms with Crippen LogP contribution in [0.5, 0.6) is 11.5 Å². The third-order valence-corrected chi connectivity index (χ3v) is 4.27. The van der Waals surface area contributed by atoms with Gasteiger partial charge in [-0.3, -0.25) is 4.99 Å². The highest BCUT2D eigenvalue weighted by Crippen LogP contribution is 2.32. The van der Waals surface area contributed by atoms with Crippen LogP contribution in [0.15, 0.2) is 51.9 Å². The van der Waals surface area contributed by atoms with Crippen LogP contribution in [0.1, 0.15) is 11.1 Å². The first-order chi connectivity index (χ1) is 11.7. The van der Waals surface area contributed by atoms with Gasteiger partial charge in [-0.1, -0.05) is 34.1 Å². The molecule has 0 saturated heterocycles. The lowest BCUT2D eigenvalue weighted by atomic mass is 10.1. The fraction of sp³-hybridized carbons (Fsp3) is 0.278. The summed E-state index contributed by atoms with van der Waals surface area (Å²) in [6, 6.07) is 14.3. The SMILES string of the molecule is CN=C(NCCc1ccc2c(c1)OCO2)NCc1ccc(Br)cc1.I. The molecule has 25 heavy (non-hydrogen) atoms. The number of rotatable bonds is 5. The van der Waals surface area contributed by atoms with Crippen molar-refractivity contribution < 1.29 is 9.47 Å². The summed E-state index contributed by atoms with van der Waals surface area (Å²) in [5.41, 5.74) is 2.41. The van der Waals surface area contributed by atoms with Crippen LogP contribution in [0.25, 0.3) is 0 Å². The first-order valence-electron chi connectivity index (χ1n) is 7.82. The van der Waals surface area contributed by atoms with Crippen molar-refractivity contribution in [2.45, 2.75) is 13.0 Å². The fourth-order valence-corrected chi connectivity index (χ4v) is 2.69. The molecule has 2 aromatic rings. The Balaban J connectivity index is 0.00000225. The van der Waals surface area contributed by atoms with Crippen LogP contribution in [-0.2, 0) is 13.0 Å². The van der Waals surface area contributed by atoms with Crippen LogP contribution in [-0.4, -0.2) is 26.3 Å². The highest BCUT2D eigenvalue weighted by Gasteiger charge is 2.12. The number of halogens is 2. The lowest BCUT2D eigenvalue weighted by Gasteiger charge is -2.12. The van der Waals surface area contributed by atoms with Crippen molar-refractivity contribution in [2.75, 3.05) is 20.4 Å². The van der Waals surface area contributed by atoms with E-state index in [1.165, 1.54) is 11.1 Å². The molecule has 1 aliphatic rings. The molecule has 2 aromatic carbocycles. The van der Waals surface area contributed by atoms with Crippen LogP contribution in [0.4, 0.5) is 0 Å². The van der Waals surface area contributed by atoms with Crippen LogP contribution in [0, 0.1) is 0 Å². The van der Waals surface area contributed by atoms with Gasteiger partial charge in [-0.25, -0.2) is 0 Å². The van der Waals surface area contributed by atoms with Gasteiger partial charge in [0, 0.05) is 24.6 Å². The summed E-state index contributed by atoms with van der Waals surface area (Å²) in [4.78, 5) is 4.25. The first-order valence-corrected chi connectivity index (χ1v) is 8.61. The van der Waals surface area contributed by atoms with Crippen LogP contribution < -0.4 is 20.1 Å². The summed E-state index contributed by atoms with van der Waals surface area (Å²) in [6.45, 7) is 1.83. The molecule has 7 heteroatoms. The van der Waals surface area contributed by atoms with E-state index >= 15 is 0 Å². The predicted molar refractivity (Wildman–Crippen MR) is 114 cm³/mol. The Morgan fingerprint density at radius 2 is 1.76 bits per heavy atom. The summed E-state index contributed by atoms with van der Waals surface area (Å²) in [6.07, 6.45) is 0.885. The largest absolute Gasteiger partial charge is 0.454 e. The Hall–Kier alpha value is -1.48. The maximum Gasteiger partial charge on any atom is 0.231 e. The number of hydrogen-bond donors (Lipinski definition) is 2. The zero-order chi connectivity index (χ0) is 16.8. The second-order valence-electron chi connectivity index (χ2n) is 5.42. The number of nitrogens with one attached hydrogen (secondary N) is 2. The quantitative estimate of drug-likeness (QED) is 0.361. The fourth-order valence-electron chi connectivity index (χ4n) is 2.43. The minimum absolute atomic E-state index is 0. The second-order valence-corrected chi connectivity index (χ2v) is 6.33. The molecule has 0 aromatic heterocycles. The monoisotopic (exact) mass is 517 g/mol. The molecule has 0 spiro atoms. The number of guanidine groups is 1. The maximum absolute atomic E-state index is 5.40. The van der Waals surface area contributed by atoms with Crippen molar-refractivity contribution in [1.82, 2.24) is 10.6 Å². The number of fused-ring (bicyclic) bond motifs is 1. The van der Waals surface area contributed by atoms with Gasteiger partial charge in [0.2, 0.25) is 6.79 Å². The van der Waals surface area contributed by atoms with Crippen LogP contribution in [0.3, 0.4) is 0 Å². The van der Waals surface area contributed by atoms with E-state index < -0.39 is 0 Å². The van der Waals surface area contributed by atoms with E-state index in [9.17, 15) is 0 Å². The van der Waals surface area contributed by atoms with Crippen molar-refractivity contribution >= 4 is 45.9 Å². The first kappa shape index (κ1) is 19.8. The van der Waals surface area contributed by atoms with Gasteiger partial charge in [-0.15, -0.1) is 24.0 Å². The highest BCUT2D eigenvalue weighted by atomic mass is 127. The van der Waals surface area contributed by atoms with Gasteiger partial charge in [-0.05, 0) is 41.8 Å². The standard InChI is InChI=1S/C18H20BrN3O2.HI/c1-20-18(22-11-14-2-5-15(19)6-3-14)21-9-8-13-4-7-16-17(10-13)24-12-23-16;/h2-7,10H,8-9,11-12H2,1H3,(H2,20,21,22);1H. The molecule has 1 aliphatic heterocycles. The minimum atomic E-state index is 0. The van der Waals surface area contributed by atoms with E-state index in [4.69, 9.17) is 9.47 Å². The van der Waals surface area contributed by atoms with E-state index in [2.05, 4.69) is 49.8 Å². The summed E-state index contributed by atoms with van der Waals surface area (Å²) >= 11 is 3.44. The second kappa shape index (κ2) is 9.86. The third kappa shape index (κ3) is 5.78. The van der Waals surface area contributed by atoms with Crippen molar-refractivity contribution in [3.63, 3.8) is 0 Å². The van der Waals surface area contributed by atoms with Gasteiger partial charge in [-0.2, -0.15) is 0 Å². The van der Waals surface area contributed by atoms with Crippen LogP contribution >= 0.6 is 39.9 Å². The molecule has 2 N–H and O–H groups in total. The Bertz CT molecular complexity index is 723. The zero-order valence-corrected chi connectivity index (χ0v) is 17.8. The number of hydrogen-bond acceptors (Lipinski definition) is 3. The van der Waals surface area contributed by atoms with E-state index in [1.807, 2.05) is 24.3 Å². The number of benzene rings is 2. The maximum atomic E-state index is 5.40. The molecule has 0 radical (unpaired) electrons. The molecule has 0 unspecified atom stereocenters. The average Bonchev–Trinajstić information content (AvgIpc) is 3.07. The molecule has 0 saturated carbocycles. The van der Waals surface area contributed by atoms with Crippen molar-refractivity contribution in [2.24, 2.45) is 4.99 Å². The van der Waals surface area contributed by atoms with E-state index in [-0.39, 0.29) is 24.0 Å². The van der Waals surface area contributed by atoms with Crippen molar-refractivity contribution in [3.05, 3.63) is 58.1 Å². The summed E-state index contributed by atoms with van der Waals surface area (Å²) < 4.78 is 11.8. The van der Waals surface area contributed by atoms with Crippen molar-refractivity contribution in [1.29, 1.82) is 0 Å². The molecule has 0 aliphatic carbocycles. The lowest BCUT2D eigenvalue weighted by molar-refractivity contribution is 0.174. The third-order valence-electron chi connectivity index (χ3n) is 3.74. The van der Waals surface area contributed by atoms with Gasteiger partial charge < -0.3 is 20.1 Å². The Kier molecular flexibility index (Phi) is 7.83. The zero-order valence-electron chi connectivity index (χ0n) is 13.9. The van der Waals surface area contributed by atoms with E-state index in [0.29, 0.717) is 6.79 Å². The Labute approximate surface area is 173 Å². The predicted octanol–water partition coefficient (Wildman–Crippen LogP) is 3.70. The molecule has 1 heterocycles. The van der Waals surface area contributed by atoms with E-state index in [0.717, 1.165) is 41.4 Å². The smallest absolute Gasteiger partial charge is 0.231 e. The van der Waals surface area contributed by atoms with Crippen LogP contribution in [0.2, 0.25) is 0 Å². The molecule has 5 nitrogen and oxygen atoms in total. The molecule has 0 amide bonds.